The number of amides is 1. The van der Waals surface area contributed by atoms with Crippen molar-refractivity contribution in [2.75, 3.05) is 19.6 Å². The molecule has 1 N–H and O–H groups in total. The van der Waals surface area contributed by atoms with E-state index in [9.17, 15) is 4.79 Å². The number of nitrogens with one attached hydrogen (secondary N) is 1. The van der Waals surface area contributed by atoms with E-state index in [-0.39, 0.29) is 11.9 Å². The molecule has 5 nitrogen and oxygen atoms in total. The second-order valence-electron chi connectivity index (χ2n) is 6.39. The zero-order chi connectivity index (χ0) is 18.8. The molecule has 1 fully saturated rings. The zero-order valence-electron chi connectivity index (χ0n) is 14.9. The van der Waals surface area contributed by atoms with Crippen molar-refractivity contribution in [1.82, 2.24) is 20.2 Å². The predicted molar refractivity (Wildman–Crippen MR) is 108 cm³/mol. The largest absolute Gasteiger partial charge is 0.328 e. The lowest BCUT2D eigenvalue weighted by Crippen LogP contribution is -2.48. The Labute approximate surface area is 167 Å². The van der Waals surface area contributed by atoms with Crippen LogP contribution in [-0.4, -0.2) is 40.4 Å². The molecule has 7 heteroatoms. The van der Waals surface area contributed by atoms with Gasteiger partial charge in [-0.05, 0) is 30.7 Å². The highest BCUT2D eigenvalue weighted by Crippen LogP contribution is 2.33. The number of aryl methyl sites for hydroxylation is 1. The van der Waals surface area contributed by atoms with Crippen LogP contribution < -0.4 is 5.32 Å². The number of nitrogens with zero attached hydrogens (tertiary/aromatic N) is 3. The van der Waals surface area contributed by atoms with E-state index in [0.717, 1.165) is 28.5 Å². The molecular weight excluding hydrogens is 380 g/mol. The number of benzene rings is 1. The molecule has 4 rings (SSSR count). The maximum absolute atomic E-state index is 13.4. The summed E-state index contributed by atoms with van der Waals surface area (Å²) in [5.41, 5.74) is 2.49. The number of halogens is 1. The van der Waals surface area contributed by atoms with E-state index in [1.165, 1.54) is 11.3 Å². The summed E-state index contributed by atoms with van der Waals surface area (Å²) >= 11 is 7.80. The van der Waals surface area contributed by atoms with Crippen LogP contribution in [0, 0.1) is 6.92 Å². The molecule has 0 bridgehead atoms. The molecular formula is C20H19ClN4OS. The number of pyridine rings is 1. The van der Waals surface area contributed by atoms with Crippen molar-refractivity contribution in [2.24, 2.45) is 0 Å². The first kappa shape index (κ1) is 18.1. The Morgan fingerprint density at radius 2 is 2.07 bits per heavy atom. The maximum atomic E-state index is 13.4. The van der Waals surface area contributed by atoms with Crippen LogP contribution in [0.4, 0.5) is 0 Å². The molecule has 1 aromatic carbocycles. The van der Waals surface area contributed by atoms with E-state index < -0.39 is 0 Å². The molecule has 1 atom stereocenters. The highest BCUT2D eigenvalue weighted by Gasteiger charge is 2.32. The number of aromatic nitrogens is 2. The normalized spacial score (nSPS) is 17.1. The lowest BCUT2D eigenvalue weighted by atomic mass is 10.0. The van der Waals surface area contributed by atoms with E-state index in [4.69, 9.17) is 11.6 Å². The third-order valence-corrected chi connectivity index (χ3v) is 6.16. The zero-order valence-corrected chi connectivity index (χ0v) is 16.4. The van der Waals surface area contributed by atoms with Gasteiger partial charge in [0.05, 0.1) is 17.4 Å². The van der Waals surface area contributed by atoms with Crippen molar-refractivity contribution in [3.05, 3.63) is 69.8 Å². The summed E-state index contributed by atoms with van der Waals surface area (Å²) in [5.74, 6) is -0.00130. The number of piperazine rings is 1. The van der Waals surface area contributed by atoms with E-state index in [1.807, 2.05) is 54.3 Å². The Balaban J connectivity index is 1.67. The van der Waals surface area contributed by atoms with Gasteiger partial charge in [-0.3, -0.25) is 9.78 Å². The molecule has 0 saturated carbocycles. The van der Waals surface area contributed by atoms with Gasteiger partial charge < -0.3 is 10.2 Å². The van der Waals surface area contributed by atoms with Gasteiger partial charge in [-0.2, -0.15) is 0 Å². The van der Waals surface area contributed by atoms with Crippen molar-refractivity contribution in [3.8, 4) is 10.7 Å². The fraction of sp³-hybridized carbons (Fsp3) is 0.250. The van der Waals surface area contributed by atoms with Gasteiger partial charge in [0.2, 0.25) is 0 Å². The fourth-order valence-electron chi connectivity index (χ4n) is 3.29. The van der Waals surface area contributed by atoms with E-state index >= 15 is 0 Å². The molecule has 138 valence electrons. The quantitative estimate of drug-likeness (QED) is 0.725. The number of thiazole rings is 1. The number of hydrogen-bond acceptors (Lipinski definition) is 5. The molecule has 0 spiro atoms. The summed E-state index contributed by atoms with van der Waals surface area (Å²) in [5, 5.41) is 4.81. The van der Waals surface area contributed by atoms with Crippen LogP contribution >= 0.6 is 22.9 Å². The molecule has 0 radical (unpaired) electrons. The first-order valence-electron chi connectivity index (χ1n) is 8.80. The first-order valence-corrected chi connectivity index (χ1v) is 9.99. The first-order chi connectivity index (χ1) is 13.1. The Bertz CT molecular complexity index is 960. The van der Waals surface area contributed by atoms with Gasteiger partial charge in [-0.15, -0.1) is 11.3 Å². The van der Waals surface area contributed by atoms with Crippen molar-refractivity contribution < 1.29 is 4.79 Å². The van der Waals surface area contributed by atoms with Crippen molar-refractivity contribution in [3.63, 3.8) is 0 Å². The molecule has 27 heavy (non-hydrogen) atoms. The third-order valence-electron chi connectivity index (χ3n) is 4.64. The topological polar surface area (TPSA) is 58.1 Å². The van der Waals surface area contributed by atoms with Crippen molar-refractivity contribution in [1.29, 1.82) is 0 Å². The minimum absolute atomic E-state index is 0.00130. The van der Waals surface area contributed by atoms with Gasteiger partial charge in [0.1, 0.15) is 9.88 Å². The van der Waals surface area contributed by atoms with Crippen LogP contribution in [0.25, 0.3) is 10.7 Å². The van der Waals surface area contributed by atoms with E-state index in [1.54, 1.807) is 6.20 Å². The van der Waals surface area contributed by atoms with Crippen LogP contribution in [0.3, 0.4) is 0 Å². The van der Waals surface area contributed by atoms with E-state index in [2.05, 4.69) is 15.3 Å². The summed E-state index contributed by atoms with van der Waals surface area (Å²) in [6, 6.07) is 13.3. The molecule has 1 unspecified atom stereocenters. The average molecular weight is 399 g/mol. The van der Waals surface area contributed by atoms with Crippen LogP contribution in [0.5, 0.6) is 0 Å². The Morgan fingerprint density at radius 3 is 2.85 bits per heavy atom. The van der Waals surface area contributed by atoms with Gasteiger partial charge in [0.15, 0.2) is 0 Å². The molecule has 1 aliphatic heterocycles. The Kier molecular flexibility index (Phi) is 5.20. The number of rotatable bonds is 3. The number of carbonyl (C=O) groups excluding carboxylic acids is 1. The lowest BCUT2D eigenvalue weighted by Gasteiger charge is -2.36. The van der Waals surface area contributed by atoms with Gasteiger partial charge in [-0.25, -0.2) is 4.98 Å². The van der Waals surface area contributed by atoms with Gasteiger partial charge >= 0.3 is 0 Å². The summed E-state index contributed by atoms with van der Waals surface area (Å²) < 4.78 is 0. The monoisotopic (exact) mass is 398 g/mol. The van der Waals surface area contributed by atoms with Crippen LogP contribution in [0.1, 0.15) is 27.0 Å². The smallest absolute Gasteiger partial charge is 0.266 e. The van der Waals surface area contributed by atoms with Gasteiger partial charge in [0.25, 0.3) is 5.91 Å². The molecule has 3 aromatic rings. The summed E-state index contributed by atoms with van der Waals surface area (Å²) in [6.45, 7) is 3.95. The van der Waals surface area contributed by atoms with Crippen LogP contribution in [-0.2, 0) is 0 Å². The second kappa shape index (κ2) is 7.76. The van der Waals surface area contributed by atoms with Crippen molar-refractivity contribution in [2.45, 2.75) is 13.0 Å². The summed E-state index contributed by atoms with van der Waals surface area (Å²) in [6.07, 6.45) is 1.73. The number of hydrogen-bond donors (Lipinski definition) is 1. The summed E-state index contributed by atoms with van der Waals surface area (Å²) in [4.78, 5) is 24.9. The molecule has 2 aromatic heterocycles. The highest BCUT2D eigenvalue weighted by molar-refractivity contribution is 7.17. The van der Waals surface area contributed by atoms with E-state index in [0.29, 0.717) is 23.0 Å². The molecule has 1 amide bonds. The minimum Gasteiger partial charge on any atom is -0.328 e. The Morgan fingerprint density at radius 1 is 1.26 bits per heavy atom. The lowest BCUT2D eigenvalue weighted by molar-refractivity contribution is 0.0638. The van der Waals surface area contributed by atoms with Gasteiger partial charge in [0, 0.05) is 30.9 Å². The number of carbonyl (C=O) groups is 1. The summed E-state index contributed by atoms with van der Waals surface area (Å²) in [7, 11) is 0. The maximum Gasteiger partial charge on any atom is 0.266 e. The highest BCUT2D eigenvalue weighted by atomic mass is 35.5. The predicted octanol–water partition coefficient (Wildman–Crippen LogP) is 3.95. The Hall–Kier alpha value is -2.28. The molecule has 0 aliphatic carbocycles. The third kappa shape index (κ3) is 3.60. The second-order valence-corrected chi connectivity index (χ2v) is 7.79. The molecule has 1 saturated heterocycles. The minimum atomic E-state index is -0.0975. The SMILES string of the molecule is Cc1nc(-c2ccccn2)sc1C(=O)N1CCNCC1c1ccccc1Cl. The van der Waals surface area contributed by atoms with Crippen molar-refractivity contribution >= 4 is 28.8 Å². The molecule has 3 heterocycles. The average Bonchev–Trinajstić information content (AvgIpc) is 3.10. The van der Waals surface area contributed by atoms with Gasteiger partial charge in [-0.1, -0.05) is 35.9 Å². The molecule has 1 aliphatic rings. The fourth-order valence-corrected chi connectivity index (χ4v) is 4.56. The standard InChI is InChI=1S/C20H19ClN4OS/c1-13-18(27-19(24-13)16-8-4-5-9-23-16)20(26)25-11-10-22-12-17(25)14-6-2-3-7-15(14)21/h2-9,17,22H,10-12H2,1H3. The van der Waals surface area contributed by atoms with Crippen LogP contribution in [0.2, 0.25) is 5.02 Å². The van der Waals surface area contributed by atoms with Crippen LogP contribution in [0.15, 0.2) is 48.7 Å².